The van der Waals surface area contributed by atoms with Crippen molar-refractivity contribution in [3.8, 4) is 5.75 Å². The fourth-order valence-corrected chi connectivity index (χ4v) is 5.31. The fourth-order valence-electron chi connectivity index (χ4n) is 3.32. The summed E-state index contributed by atoms with van der Waals surface area (Å²) >= 11 is 0. The van der Waals surface area contributed by atoms with Crippen LogP contribution in [0.25, 0.3) is 0 Å². The maximum atomic E-state index is 12.9. The van der Waals surface area contributed by atoms with Gasteiger partial charge in [0.1, 0.15) is 17.2 Å². The molecule has 150 valence electrons. The third-order valence-corrected chi connectivity index (χ3v) is 7.32. The van der Waals surface area contributed by atoms with E-state index in [0.717, 1.165) is 6.54 Å². The normalized spacial score (nSPS) is 23.3. The number of rotatable bonds is 6. The van der Waals surface area contributed by atoms with Gasteiger partial charge in [0.05, 0.1) is 30.7 Å². The number of amides is 1. The molecule has 2 aliphatic heterocycles. The van der Waals surface area contributed by atoms with Crippen LogP contribution in [0.4, 0.5) is 4.39 Å². The zero-order valence-corrected chi connectivity index (χ0v) is 16.4. The van der Waals surface area contributed by atoms with Crippen LogP contribution in [-0.2, 0) is 19.4 Å². The van der Waals surface area contributed by atoms with Gasteiger partial charge < -0.3 is 19.3 Å². The van der Waals surface area contributed by atoms with Gasteiger partial charge >= 0.3 is 0 Å². The molecule has 7 nitrogen and oxygen atoms in total. The second-order valence-corrected chi connectivity index (χ2v) is 9.55. The molecule has 27 heavy (non-hydrogen) atoms. The summed E-state index contributed by atoms with van der Waals surface area (Å²) in [4.78, 5) is 15.7. The molecule has 1 spiro atoms. The molecule has 0 radical (unpaired) electrons. The van der Waals surface area contributed by atoms with Crippen LogP contribution in [0.3, 0.4) is 0 Å². The van der Waals surface area contributed by atoms with E-state index in [0.29, 0.717) is 12.3 Å². The lowest BCUT2D eigenvalue weighted by atomic mass is 9.95. The zero-order valence-electron chi connectivity index (χ0n) is 15.6. The van der Waals surface area contributed by atoms with Crippen LogP contribution in [0.5, 0.6) is 5.75 Å². The number of ether oxygens (including phenoxy) is 2. The van der Waals surface area contributed by atoms with E-state index in [1.165, 1.54) is 29.2 Å². The van der Waals surface area contributed by atoms with E-state index in [1.807, 2.05) is 18.9 Å². The molecule has 1 atom stereocenters. The summed E-state index contributed by atoms with van der Waals surface area (Å²) in [6.45, 7) is 3.65. The van der Waals surface area contributed by atoms with Crippen molar-refractivity contribution in [3.63, 3.8) is 0 Å². The lowest BCUT2D eigenvalue weighted by molar-refractivity contribution is -0.167. The maximum Gasteiger partial charge on any atom is 0.260 e. The van der Waals surface area contributed by atoms with E-state index < -0.39 is 20.7 Å². The van der Waals surface area contributed by atoms with Crippen molar-refractivity contribution in [2.24, 2.45) is 0 Å². The molecule has 1 amide bonds. The van der Waals surface area contributed by atoms with Crippen molar-refractivity contribution >= 4 is 15.7 Å². The highest BCUT2D eigenvalue weighted by molar-refractivity contribution is 7.92. The maximum absolute atomic E-state index is 12.9. The molecule has 3 rings (SSSR count). The highest BCUT2D eigenvalue weighted by Crippen LogP contribution is 2.33. The number of carbonyl (C=O) groups excluding carboxylic acids is 1. The Labute approximate surface area is 158 Å². The summed E-state index contributed by atoms with van der Waals surface area (Å²) in [7, 11) is -1.40. The highest BCUT2D eigenvalue weighted by atomic mass is 32.2. The average Bonchev–Trinajstić information content (AvgIpc) is 2.60. The Kier molecular flexibility index (Phi) is 5.73. The van der Waals surface area contributed by atoms with Gasteiger partial charge in [-0.05, 0) is 37.9 Å². The van der Waals surface area contributed by atoms with Gasteiger partial charge in [0, 0.05) is 6.54 Å². The number of halogens is 1. The number of likely N-dealkylation sites (tertiary alicyclic amines) is 1. The van der Waals surface area contributed by atoms with Crippen molar-refractivity contribution in [2.75, 3.05) is 52.2 Å². The third kappa shape index (κ3) is 4.59. The molecule has 0 N–H and O–H groups in total. The van der Waals surface area contributed by atoms with E-state index in [4.69, 9.17) is 9.47 Å². The van der Waals surface area contributed by atoms with E-state index >= 15 is 0 Å². The van der Waals surface area contributed by atoms with E-state index in [2.05, 4.69) is 0 Å². The van der Waals surface area contributed by atoms with Gasteiger partial charge in [-0.2, -0.15) is 0 Å². The first kappa shape index (κ1) is 20.0. The largest absolute Gasteiger partial charge is 0.484 e. The minimum atomic E-state index is -3.28. The summed E-state index contributed by atoms with van der Waals surface area (Å²) in [5.74, 6) is -0.291. The van der Waals surface area contributed by atoms with Crippen molar-refractivity contribution in [3.05, 3.63) is 30.1 Å². The summed E-state index contributed by atoms with van der Waals surface area (Å²) in [6.07, 6.45) is 0. The van der Waals surface area contributed by atoms with E-state index in [-0.39, 0.29) is 43.8 Å². The molecule has 2 aliphatic rings. The van der Waals surface area contributed by atoms with Gasteiger partial charge in [0.2, 0.25) is 0 Å². The van der Waals surface area contributed by atoms with Crippen LogP contribution in [0, 0.1) is 5.82 Å². The van der Waals surface area contributed by atoms with Gasteiger partial charge in [-0.3, -0.25) is 4.79 Å². The third-order valence-electron chi connectivity index (χ3n) is 5.09. The number of sulfone groups is 1. The van der Waals surface area contributed by atoms with Crippen LogP contribution < -0.4 is 4.74 Å². The minimum Gasteiger partial charge on any atom is -0.484 e. The Morgan fingerprint density at radius 2 is 2.04 bits per heavy atom. The molecule has 2 saturated heterocycles. The molecule has 0 aliphatic carbocycles. The lowest BCUT2D eigenvalue weighted by Crippen LogP contribution is -2.71. The Bertz CT molecular complexity index is 777. The van der Waals surface area contributed by atoms with Crippen LogP contribution in [0.15, 0.2) is 24.3 Å². The first-order valence-corrected chi connectivity index (χ1v) is 10.6. The smallest absolute Gasteiger partial charge is 0.260 e. The van der Waals surface area contributed by atoms with Crippen LogP contribution in [0.2, 0.25) is 0 Å². The molecule has 2 fully saturated rings. The Balaban J connectivity index is 1.49. The fraction of sp³-hybridized carbons (Fsp3) is 0.611. The van der Waals surface area contributed by atoms with Gasteiger partial charge in [-0.15, -0.1) is 0 Å². The molecule has 9 heteroatoms. The zero-order chi connectivity index (χ0) is 19.7. The number of benzene rings is 1. The Hall–Kier alpha value is -1.71. The van der Waals surface area contributed by atoms with Crippen LogP contribution in [0.1, 0.15) is 6.92 Å². The van der Waals surface area contributed by atoms with Crippen LogP contribution >= 0.6 is 0 Å². The molecule has 0 bridgehead atoms. The van der Waals surface area contributed by atoms with E-state index in [1.54, 1.807) is 0 Å². The lowest BCUT2D eigenvalue weighted by Gasteiger charge is -2.52. The van der Waals surface area contributed by atoms with Gasteiger partial charge in [-0.1, -0.05) is 6.92 Å². The summed E-state index contributed by atoms with van der Waals surface area (Å²) in [5.41, 5.74) is -0.800. The molecule has 2 heterocycles. The topological polar surface area (TPSA) is 76.2 Å². The quantitative estimate of drug-likeness (QED) is 0.694. The second-order valence-electron chi connectivity index (χ2n) is 7.27. The van der Waals surface area contributed by atoms with Crippen molar-refractivity contribution in [2.45, 2.75) is 17.8 Å². The minimum absolute atomic E-state index is 0.0647. The van der Waals surface area contributed by atoms with Gasteiger partial charge in [0.15, 0.2) is 16.4 Å². The predicted octanol–water partition coefficient (Wildman–Crippen LogP) is 0.551. The molecular formula is C18H25FN2O5S. The Morgan fingerprint density at radius 3 is 2.63 bits per heavy atom. The molecule has 1 aromatic carbocycles. The summed E-state index contributed by atoms with van der Waals surface area (Å²) < 4.78 is 49.3. The SMILES string of the molecule is CCN(C)C[C@H]1COC2(CN(C(=O)COc3ccc(F)cc3)C2)CS1(=O)=O. The predicted molar refractivity (Wildman–Crippen MR) is 97.9 cm³/mol. The molecule has 0 aromatic heterocycles. The van der Waals surface area contributed by atoms with E-state index in [9.17, 15) is 17.6 Å². The number of carbonyl (C=O) groups is 1. The monoisotopic (exact) mass is 400 g/mol. The highest BCUT2D eigenvalue weighted by Gasteiger charge is 2.53. The number of hydrogen-bond acceptors (Lipinski definition) is 6. The van der Waals surface area contributed by atoms with Crippen LogP contribution in [-0.4, -0.2) is 87.2 Å². The number of nitrogens with zero attached hydrogens (tertiary/aromatic N) is 2. The number of hydrogen-bond donors (Lipinski definition) is 0. The molecule has 1 aromatic rings. The van der Waals surface area contributed by atoms with Crippen molar-refractivity contribution < 1.29 is 27.1 Å². The first-order valence-electron chi connectivity index (χ1n) is 8.93. The molecule has 0 saturated carbocycles. The van der Waals surface area contributed by atoms with Gasteiger partial charge in [-0.25, -0.2) is 12.8 Å². The average molecular weight is 400 g/mol. The molecular weight excluding hydrogens is 375 g/mol. The Morgan fingerprint density at radius 1 is 1.37 bits per heavy atom. The summed E-state index contributed by atoms with van der Waals surface area (Å²) in [5, 5.41) is -0.528. The van der Waals surface area contributed by atoms with Crippen molar-refractivity contribution in [1.82, 2.24) is 9.80 Å². The molecule has 0 unspecified atom stereocenters. The van der Waals surface area contributed by atoms with Gasteiger partial charge in [0.25, 0.3) is 5.91 Å². The summed E-state index contributed by atoms with van der Waals surface area (Å²) in [6, 6.07) is 5.41. The second kappa shape index (κ2) is 7.73. The van der Waals surface area contributed by atoms with Crippen molar-refractivity contribution in [1.29, 1.82) is 0 Å². The first-order chi connectivity index (χ1) is 12.7. The standard InChI is InChI=1S/C18H25FN2O5S/c1-3-20(2)8-16-9-26-18(13-27(16,23)24)11-21(12-18)17(22)10-25-15-6-4-14(19)5-7-15/h4-7,16H,3,8-13H2,1-2H3/t16-/m0/s1.